The van der Waals surface area contributed by atoms with Gasteiger partial charge in [-0.25, -0.2) is 0 Å². The van der Waals surface area contributed by atoms with E-state index in [0.29, 0.717) is 12.0 Å². The Hall–Kier alpha value is -2.42. The lowest BCUT2D eigenvalue weighted by molar-refractivity contribution is -0.140. The summed E-state index contributed by atoms with van der Waals surface area (Å²) in [6.07, 6.45) is 8.80. The fourth-order valence-corrected chi connectivity index (χ4v) is 1.46. The van der Waals surface area contributed by atoms with E-state index >= 15 is 0 Å². The standard InChI is InChI=1S/C10H12O2.C8H10O/c1-12-10(11)8-7-9-5-3-2-4-6-9;1-3-5-8(7-9)6-4-2/h2-6H,7-8H2,1H3;3-7H,1H2,2H3/b;6-4-,8-5+. The highest BCUT2D eigenvalue weighted by Crippen LogP contribution is 2.02. The van der Waals surface area contributed by atoms with Crippen molar-refractivity contribution in [2.24, 2.45) is 0 Å². The van der Waals surface area contributed by atoms with E-state index in [2.05, 4.69) is 11.3 Å². The molecule has 0 unspecified atom stereocenters. The van der Waals surface area contributed by atoms with Crippen molar-refractivity contribution in [2.45, 2.75) is 19.8 Å². The molecule has 3 nitrogen and oxygen atoms in total. The van der Waals surface area contributed by atoms with E-state index in [0.717, 1.165) is 12.7 Å². The number of hydrogen-bond donors (Lipinski definition) is 0. The molecule has 0 bridgehead atoms. The van der Waals surface area contributed by atoms with Crippen molar-refractivity contribution < 1.29 is 14.3 Å². The average molecular weight is 286 g/mol. The molecule has 0 N–H and O–H groups in total. The van der Waals surface area contributed by atoms with Crippen LogP contribution in [0, 0.1) is 0 Å². The van der Waals surface area contributed by atoms with Gasteiger partial charge in [-0.2, -0.15) is 0 Å². The van der Waals surface area contributed by atoms with Gasteiger partial charge in [0.1, 0.15) is 6.29 Å². The van der Waals surface area contributed by atoms with Crippen molar-refractivity contribution in [1.29, 1.82) is 0 Å². The van der Waals surface area contributed by atoms with E-state index in [1.807, 2.05) is 43.3 Å². The minimum absolute atomic E-state index is 0.154. The number of ether oxygens (including phenoxy) is 1. The smallest absolute Gasteiger partial charge is 0.305 e. The maximum atomic E-state index is 10.8. The topological polar surface area (TPSA) is 43.4 Å². The number of carbonyl (C=O) groups is 2. The Morgan fingerprint density at radius 2 is 1.95 bits per heavy atom. The average Bonchev–Trinajstić information content (AvgIpc) is 2.54. The van der Waals surface area contributed by atoms with Crippen LogP contribution >= 0.6 is 0 Å². The molecule has 1 aromatic rings. The molecule has 0 saturated heterocycles. The number of aryl methyl sites for hydroxylation is 1. The Balaban J connectivity index is 0.000000400. The quantitative estimate of drug-likeness (QED) is 0.347. The van der Waals surface area contributed by atoms with E-state index in [-0.39, 0.29) is 5.97 Å². The number of allylic oxidation sites excluding steroid dienone is 5. The molecule has 0 spiro atoms. The molecular formula is C18H22O3. The predicted molar refractivity (Wildman–Crippen MR) is 85.9 cm³/mol. The molecule has 0 aromatic heterocycles. The molecule has 0 aliphatic carbocycles. The lowest BCUT2D eigenvalue weighted by Gasteiger charge is -1.98. The molecule has 3 heteroatoms. The second kappa shape index (κ2) is 12.6. The number of rotatable bonds is 6. The van der Waals surface area contributed by atoms with Crippen molar-refractivity contribution in [1.82, 2.24) is 0 Å². The first kappa shape index (κ1) is 18.6. The number of aldehydes is 1. The Bertz CT molecular complexity index is 484. The summed E-state index contributed by atoms with van der Waals surface area (Å²) in [6.45, 7) is 5.32. The van der Waals surface area contributed by atoms with Crippen LogP contribution < -0.4 is 0 Å². The van der Waals surface area contributed by atoms with E-state index in [1.165, 1.54) is 12.7 Å². The van der Waals surface area contributed by atoms with Gasteiger partial charge in [0, 0.05) is 12.0 Å². The van der Waals surface area contributed by atoms with Crippen molar-refractivity contribution in [3.8, 4) is 0 Å². The van der Waals surface area contributed by atoms with Gasteiger partial charge in [-0.3, -0.25) is 9.59 Å². The summed E-state index contributed by atoms with van der Waals surface area (Å²) in [4.78, 5) is 20.9. The van der Waals surface area contributed by atoms with Crippen LogP contribution in [0.2, 0.25) is 0 Å². The Kier molecular flexibility index (Phi) is 11.2. The number of benzene rings is 1. The van der Waals surface area contributed by atoms with E-state index < -0.39 is 0 Å². The zero-order chi connectivity index (χ0) is 15.9. The van der Waals surface area contributed by atoms with Crippen LogP contribution in [-0.4, -0.2) is 19.4 Å². The van der Waals surface area contributed by atoms with E-state index in [9.17, 15) is 9.59 Å². The molecule has 112 valence electrons. The van der Waals surface area contributed by atoms with Gasteiger partial charge < -0.3 is 4.74 Å². The maximum absolute atomic E-state index is 10.8. The molecule has 0 saturated carbocycles. The van der Waals surface area contributed by atoms with Gasteiger partial charge in [0.05, 0.1) is 7.11 Å². The molecule has 0 amide bonds. The van der Waals surface area contributed by atoms with Crippen LogP contribution in [-0.2, 0) is 20.7 Å². The number of carbonyl (C=O) groups excluding carboxylic acids is 2. The lowest BCUT2D eigenvalue weighted by atomic mass is 10.1. The Morgan fingerprint density at radius 3 is 2.43 bits per heavy atom. The normalized spacial score (nSPS) is 10.5. The third-order valence-electron chi connectivity index (χ3n) is 2.49. The second-order valence-corrected chi connectivity index (χ2v) is 4.08. The summed E-state index contributed by atoms with van der Waals surface area (Å²) in [7, 11) is 1.41. The van der Waals surface area contributed by atoms with Gasteiger partial charge in [-0.15, -0.1) is 0 Å². The number of esters is 1. The molecule has 21 heavy (non-hydrogen) atoms. The molecule has 0 aliphatic rings. The summed E-state index contributed by atoms with van der Waals surface area (Å²) >= 11 is 0. The third kappa shape index (κ3) is 10.1. The van der Waals surface area contributed by atoms with E-state index in [4.69, 9.17) is 0 Å². The molecule has 0 fully saturated rings. The summed E-state index contributed by atoms with van der Waals surface area (Å²) in [6, 6.07) is 9.90. The monoisotopic (exact) mass is 286 g/mol. The second-order valence-electron chi connectivity index (χ2n) is 4.08. The molecule has 1 rings (SSSR count). The fraction of sp³-hybridized carbons (Fsp3) is 0.222. The van der Waals surface area contributed by atoms with Crippen LogP contribution in [0.25, 0.3) is 0 Å². The zero-order valence-corrected chi connectivity index (χ0v) is 12.6. The van der Waals surface area contributed by atoms with Gasteiger partial charge in [0.15, 0.2) is 0 Å². The third-order valence-corrected chi connectivity index (χ3v) is 2.49. The lowest BCUT2D eigenvalue weighted by Crippen LogP contribution is -2.01. The predicted octanol–water partition coefficient (Wildman–Crippen LogP) is 3.67. The van der Waals surface area contributed by atoms with Crippen molar-refractivity contribution in [2.75, 3.05) is 7.11 Å². The molecule has 0 aliphatic heterocycles. The summed E-state index contributed by atoms with van der Waals surface area (Å²) in [5.41, 5.74) is 1.82. The van der Waals surface area contributed by atoms with E-state index in [1.54, 1.807) is 18.2 Å². The van der Waals surface area contributed by atoms with Crippen LogP contribution in [0.5, 0.6) is 0 Å². The van der Waals surface area contributed by atoms with Crippen molar-refractivity contribution >= 4 is 12.3 Å². The summed E-state index contributed by atoms with van der Waals surface area (Å²) < 4.78 is 4.53. The van der Waals surface area contributed by atoms with Gasteiger partial charge in [0.25, 0.3) is 0 Å². The SMILES string of the molecule is C=C/C=C(C=O)\C=C/C.COC(=O)CCc1ccccc1. The molecule has 0 heterocycles. The Labute approximate surface area is 126 Å². The van der Waals surface area contributed by atoms with Crippen molar-refractivity contribution in [3.05, 3.63) is 72.4 Å². The van der Waals surface area contributed by atoms with Crippen LogP contribution in [0.15, 0.2) is 66.8 Å². The summed E-state index contributed by atoms with van der Waals surface area (Å²) in [5.74, 6) is -0.154. The van der Waals surface area contributed by atoms with Crippen LogP contribution in [0.3, 0.4) is 0 Å². The first-order valence-corrected chi connectivity index (χ1v) is 6.69. The minimum Gasteiger partial charge on any atom is -0.469 e. The highest BCUT2D eigenvalue weighted by molar-refractivity contribution is 5.77. The molecular weight excluding hydrogens is 264 g/mol. The first-order valence-electron chi connectivity index (χ1n) is 6.69. The largest absolute Gasteiger partial charge is 0.469 e. The van der Waals surface area contributed by atoms with Crippen LogP contribution in [0.1, 0.15) is 18.9 Å². The first-order chi connectivity index (χ1) is 10.2. The highest BCUT2D eigenvalue weighted by atomic mass is 16.5. The minimum atomic E-state index is -0.154. The van der Waals surface area contributed by atoms with Gasteiger partial charge in [-0.1, -0.05) is 61.2 Å². The molecule has 0 atom stereocenters. The summed E-state index contributed by atoms with van der Waals surface area (Å²) in [5, 5.41) is 0. The Morgan fingerprint density at radius 1 is 1.29 bits per heavy atom. The zero-order valence-electron chi connectivity index (χ0n) is 12.6. The van der Waals surface area contributed by atoms with Gasteiger partial charge in [-0.05, 0) is 18.9 Å². The molecule has 1 aromatic carbocycles. The van der Waals surface area contributed by atoms with Gasteiger partial charge >= 0.3 is 5.97 Å². The fourth-order valence-electron chi connectivity index (χ4n) is 1.46. The maximum Gasteiger partial charge on any atom is 0.305 e. The van der Waals surface area contributed by atoms with Gasteiger partial charge in [0.2, 0.25) is 0 Å². The van der Waals surface area contributed by atoms with Crippen LogP contribution in [0.4, 0.5) is 0 Å². The molecule has 0 radical (unpaired) electrons. The van der Waals surface area contributed by atoms with Crippen molar-refractivity contribution in [3.63, 3.8) is 0 Å². The number of methoxy groups -OCH3 is 1. The highest BCUT2D eigenvalue weighted by Gasteiger charge is 1.99. The number of hydrogen-bond acceptors (Lipinski definition) is 3.